The minimum Gasteiger partial charge on any atom is -0.369 e. The van der Waals surface area contributed by atoms with Gasteiger partial charge in [0.25, 0.3) is 5.91 Å². The van der Waals surface area contributed by atoms with Crippen LogP contribution in [0.3, 0.4) is 0 Å². The minimum absolute atomic E-state index is 0.190. The molecule has 0 spiro atoms. The Hall–Kier alpha value is -4.15. The summed E-state index contributed by atoms with van der Waals surface area (Å²) in [4.78, 5) is 26.4. The molecule has 2 aromatic heterocycles. The number of aryl methyl sites for hydroxylation is 1. The third-order valence-electron chi connectivity index (χ3n) is 7.17. The number of anilines is 2. The lowest BCUT2D eigenvalue weighted by Crippen LogP contribution is -2.46. The quantitative estimate of drug-likeness (QED) is 0.376. The fourth-order valence-electron chi connectivity index (χ4n) is 4.70. The molecule has 1 saturated heterocycles. The van der Waals surface area contributed by atoms with Crippen LogP contribution in [0.4, 0.5) is 11.4 Å². The lowest BCUT2D eigenvalue weighted by Gasteiger charge is -2.36. The number of aromatic nitrogens is 5. The van der Waals surface area contributed by atoms with E-state index in [2.05, 4.69) is 48.4 Å². The van der Waals surface area contributed by atoms with Gasteiger partial charge in [0.05, 0.1) is 11.9 Å². The molecule has 10 nitrogen and oxygen atoms in total. The predicted octanol–water partition coefficient (Wildman–Crippen LogP) is 3.62. The molecule has 1 aliphatic rings. The molecule has 1 amide bonds. The van der Waals surface area contributed by atoms with Crippen molar-refractivity contribution < 1.29 is 4.79 Å². The molecule has 10 heteroatoms. The highest BCUT2D eigenvalue weighted by molar-refractivity contribution is 6.05. The molecule has 202 valence electrons. The predicted molar refractivity (Wildman–Crippen MR) is 153 cm³/mol. The summed E-state index contributed by atoms with van der Waals surface area (Å²) >= 11 is 0. The number of likely N-dealkylation sites (N-methyl/N-ethyl adjacent to an activating group) is 1. The van der Waals surface area contributed by atoms with Gasteiger partial charge in [0.2, 0.25) is 0 Å². The minimum atomic E-state index is -0.581. The smallest absolute Gasteiger partial charge is 0.255 e. The number of piperazine rings is 1. The summed E-state index contributed by atoms with van der Waals surface area (Å²) in [7, 11) is 0. The molecule has 3 heterocycles. The largest absolute Gasteiger partial charge is 0.369 e. The van der Waals surface area contributed by atoms with Gasteiger partial charge in [0.15, 0.2) is 0 Å². The van der Waals surface area contributed by atoms with Gasteiger partial charge in [-0.1, -0.05) is 18.2 Å². The van der Waals surface area contributed by atoms with Crippen LogP contribution < -0.4 is 16.0 Å². The van der Waals surface area contributed by atoms with Crippen molar-refractivity contribution in [2.24, 2.45) is 5.73 Å². The Morgan fingerprint density at radius 1 is 1.05 bits per heavy atom. The van der Waals surface area contributed by atoms with Crippen molar-refractivity contribution in [3.8, 4) is 16.9 Å². The van der Waals surface area contributed by atoms with Crippen LogP contribution in [0.15, 0.2) is 61.3 Å². The molecule has 0 bridgehead atoms. The number of nitrogens with one attached hydrogen (secondary N) is 1. The number of benzene rings is 2. The van der Waals surface area contributed by atoms with E-state index in [1.807, 2.05) is 57.3 Å². The molecule has 0 aliphatic carbocycles. The molecular weight excluding hydrogens is 490 g/mol. The van der Waals surface area contributed by atoms with Gasteiger partial charge in [-0.25, -0.2) is 14.6 Å². The maximum Gasteiger partial charge on any atom is 0.255 e. The van der Waals surface area contributed by atoms with E-state index < -0.39 is 5.54 Å². The number of carbonyl (C=O) groups excluding carboxylic acids is 1. The first-order valence-corrected chi connectivity index (χ1v) is 13.2. The van der Waals surface area contributed by atoms with Crippen LogP contribution in [0.2, 0.25) is 0 Å². The van der Waals surface area contributed by atoms with Gasteiger partial charge in [-0.05, 0) is 68.8 Å². The molecule has 0 unspecified atom stereocenters. The van der Waals surface area contributed by atoms with Gasteiger partial charge in [-0.2, -0.15) is 0 Å². The van der Waals surface area contributed by atoms with E-state index in [1.54, 1.807) is 17.1 Å². The molecular formula is C29H35N9O. The van der Waals surface area contributed by atoms with Crippen LogP contribution >= 0.6 is 0 Å². The summed E-state index contributed by atoms with van der Waals surface area (Å²) in [5.74, 6) is -0.190. The van der Waals surface area contributed by atoms with E-state index in [1.165, 1.54) is 6.33 Å². The Morgan fingerprint density at radius 3 is 2.49 bits per heavy atom. The Bertz CT molecular complexity index is 1450. The van der Waals surface area contributed by atoms with Crippen LogP contribution in [0.1, 0.15) is 42.3 Å². The second-order valence-electron chi connectivity index (χ2n) is 10.5. The molecule has 0 atom stereocenters. The maximum atomic E-state index is 13.5. The van der Waals surface area contributed by atoms with Crippen molar-refractivity contribution in [2.45, 2.75) is 33.2 Å². The standard InChI is InChI=1S/C29H35N9O/c1-5-36-8-10-37(11-9-36)25-13-21(12-23(14-25)29(3,4)30)28(39)33-24-7-6-20(2)27(15-24)38-18-26(34-35-38)22-16-31-19-32-17-22/h6-7,12-19H,5,8-11,30H2,1-4H3,(H,33,39). The van der Waals surface area contributed by atoms with Crippen molar-refractivity contribution in [3.63, 3.8) is 0 Å². The fraction of sp³-hybridized carbons (Fsp3) is 0.345. The molecule has 0 saturated carbocycles. The van der Waals surface area contributed by atoms with Crippen molar-refractivity contribution in [1.29, 1.82) is 0 Å². The van der Waals surface area contributed by atoms with E-state index in [9.17, 15) is 4.79 Å². The van der Waals surface area contributed by atoms with E-state index in [0.29, 0.717) is 16.9 Å². The second kappa shape index (κ2) is 10.9. The number of hydrogen-bond acceptors (Lipinski definition) is 8. The van der Waals surface area contributed by atoms with E-state index in [0.717, 1.165) is 60.8 Å². The molecule has 0 radical (unpaired) electrons. The third kappa shape index (κ3) is 5.97. The van der Waals surface area contributed by atoms with Crippen LogP contribution in [0.5, 0.6) is 0 Å². The molecule has 1 fully saturated rings. The third-order valence-corrected chi connectivity index (χ3v) is 7.17. The van der Waals surface area contributed by atoms with Gasteiger partial charge in [0, 0.05) is 66.6 Å². The highest BCUT2D eigenvalue weighted by atomic mass is 16.1. The summed E-state index contributed by atoms with van der Waals surface area (Å²) in [6.45, 7) is 13.0. The molecule has 1 aliphatic heterocycles. The zero-order valence-corrected chi connectivity index (χ0v) is 22.9. The number of rotatable bonds is 7. The zero-order valence-electron chi connectivity index (χ0n) is 22.9. The Morgan fingerprint density at radius 2 is 1.79 bits per heavy atom. The number of nitrogens with two attached hydrogens (primary N) is 1. The molecule has 5 rings (SSSR count). The fourth-order valence-corrected chi connectivity index (χ4v) is 4.70. The number of hydrogen-bond donors (Lipinski definition) is 2. The molecule has 2 aromatic carbocycles. The Balaban J connectivity index is 1.40. The maximum absolute atomic E-state index is 13.5. The molecule has 39 heavy (non-hydrogen) atoms. The van der Waals surface area contributed by atoms with Crippen molar-refractivity contribution in [1.82, 2.24) is 29.9 Å². The van der Waals surface area contributed by atoms with Crippen molar-refractivity contribution in [3.05, 3.63) is 78.0 Å². The highest BCUT2D eigenvalue weighted by Gasteiger charge is 2.22. The normalized spacial score (nSPS) is 14.4. The lowest BCUT2D eigenvalue weighted by atomic mass is 9.92. The van der Waals surface area contributed by atoms with Gasteiger partial charge >= 0.3 is 0 Å². The zero-order chi connectivity index (χ0) is 27.6. The summed E-state index contributed by atoms with van der Waals surface area (Å²) in [6.07, 6.45) is 6.69. The summed E-state index contributed by atoms with van der Waals surface area (Å²) in [5, 5.41) is 11.6. The monoisotopic (exact) mass is 525 g/mol. The highest BCUT2D eigenvalue weighted by Crippen LogP contribution is 2.28. The average Bonchev–Trinajstić information content (AvgIpc) is 3.44. The molecule has 4 aromatic rings. The van der Waals surface area contributed by atoms with Crippen LogP contribution in [0, 0.1) is 6.92 Å². The van der Waals surface area contributed by atoms with Gasteiger partial charge in [-0.15, -0.1) is 5.10 Å². The second-order valence-corrected chi connectivity index (χ2v) is 10.5. The van der Waals surface area contributed by atoms with Gasteiger partial charge in [0.1, 0.15) is 12.0 Å². The summed E-state index contributed by atoms with van der Waals surface area (Å²) in [6, 6.07) is 11.7. The average molecular weight is 526 g/mol. The number of carbonyl (C=O) groups is 1. The number of amides is 1. The van der Waals surface area contributed by atoms with E-state index >= 15 is 0 Å². The lowest BCUT2D eigenvalue weighted by molar-refractivity contribution is 0.102. The van der Waals surface area contributed by atoms with Crippen LogP contribution in [-0.4, -0.2) is 68.5 Å². The Labute approximate surface area is 228 Å². The van der Waals surface area contributed by atoms with E-state index in [4.69, 9.17) is 5.73 Å². The van der Waals surface area contributed by atoms with Crippen LogP contribution in [-0.2, 0) is 5.54 Å². The summed E-state index contributed by atoms with van der Waals surface area (Å²) in [5.41, 5.74) is 12.3. The SMILES string of the molecule is CCN1CCN(c2cc(C(=O)Nc3ccc(C)c(-n4cc(-c5cncnc5)nn4)c3)cc(C(C)(C)N)c2)CC1. The van der Waals surface area contributed by atoms with Crippen molar-refractivity contribution in [2.75, 3.05) is 42.9 Å². The van der Waals surface area contributed by atoms with Gasteiger partial charge in [-0.3, -0.25) is 4.79 Å². The van der Waals surface area contributed by atoms with Crippen LogP contribution in [0.25, 0.3) is 16.9 Å². The topological polar surface area (TPSA) is 118 Å². The van der Waals surface area contributed by atoms with E-state index in [-0.39, 0.29) is 5.91 Å². The molecule has 3 N–H and O–H groups in total. The first-order valence-electron chi connectivity index (χ1n) is 13.2. The first-order chi connectivity index (χ1) is 18.7. The van der Waals surface area contributed by atoms with Crippen molar-refractivity contribution >= 4 is 17.3 Å². The number of nitrogens with zero attached hydrogens (tertiary/aromatic N) is 7. The Kier molecular flexibility index (Phi) is 7.40. The summed E-state index contributed by atoms with van der Waals surface area (Å²) < 4.78 is 1.69. The van der Waals surface area contributed by atoms with Gasteiger partial charge < -0.3 is 20.9 Å². The first kappa shape index (κ1) is 26.5.